The molecular formula is C24H22FN3O4. The first-order valence-corrected chi connectivity index (χ1v) is 10.3. The summed E-state index contributed by atoms with van der Waals surface area (Å²) in [5, 5.41) is 5.38. The molecule has 164 valence electrons. The number of hydrogen-bond acceptors (Lipinski definition) is 4. The van der Waals surface area contributed by atoms with Gasteiger partial charge in [0, 0.05) is 30.7 Å². The van der Waals surface area contributed by atoms with Crippen molar-refractivity contribution in [1.82, 2.24) is 9.88 Å². The molecule has 1 unspecified atom stereocenters. The number of hydrogen-bond donors (Lipinski definition) is 2. The van der Waals surface area contributed by atoms with Crippen molar-refractivity contribution in [2.45, 2.75) is 18.9 Å². The van der Waals surface area contributed by atoms with Gasteiger partial charge in [-0.2, -0.15) is 0 Å². The standard InChI is InChI=1S/C24H22FN3O4/c25-21-8-2-1-6-19(21)23(30)27-16-9-11-17(12-10-16)28-13-3-7-20(24(28)31)22(29)26-15-18-5-4-14-32-18/h1-3,6-13,18H,4-5,14-15H2,(H,26,29)(H,27,30). The average molecular weight is 435 g/mol. The van der Waals surface area contributed by atoms with E-state index in [1.165, 1.54) is 28.8 Å². The molecule has 8 heteroatoms. The average Bonchev–Trinajstić information content (AvgIpc) is 3.32. The van der Waals surface area contributed by atoms with Crippen molar-refractivity contribution in [2.24, 2.45) is 0 Å². The fourth-order valence-electron chi connectivity index (χ4n) is 3.53. The van der Waals surface area contributed by atoms with Crippen molar-refractivity contribution in [3.05, 3.63) is 94.2 Å². The van der Waals surface area contributed by atoms with Crippen LogP contribution in [0.1, 0.15) is 33.6 Å². The zero-order valence-corrected chi connectivity index (χ0v) is 17.2. The molecule has 32 heavy (non-hydrogen) atoms. The minimum Gasteiger partial charge on any atom is -0.376 e. The number of rotatable bonds is 6. The lowest BCUT2D eigenvalue weighted by Crippen LogP contribution is -2.36. The van der Waals surface area contributed by atoms with Crippen LogP contribution >= 0.6 is 0 Å². The zero-order chi connectivity index (χ0) is 22.5. The van der Waals surface area contributed by atoms with Crippen LogP contribution in [0.15, 0.2) is 71.7 Å². The van der Waals surface area contributed by atoms with Crippen molar-refractivity contribution < 1.29 is 18.7 Å². The molecule has 4 rings (SSSR count). The lowest BCUT2D eigenvalue weighted by atomic mass is 10.2. The van der Waals surface area contributed by atoms with Crippen LogP contribution in [0.4, 0.5) is 10.1 Å². The van der Waals surface area contributed by atoms with Gasteiger partial charge in [-0.3, -0.25) is 19.0 Å². The Hall–Kier alpha value is -3.78. The second-order valence-electron chi connectivity index (χ2n) is 7.42. The van der Waals surface area contributed by atoms with E-state index in [4.69, 9.17) is 4.74 Å². The van der Waals surface area contributed by atoms with E-state index in [9.17, 15) is 18.8 Å². The number of benzene rings is 2. The number of carbonyl (C=O) groups excluding carboxylic acids is 2. The van der Waals surface area contributed by atoms with Gasteiger partial charge in [0.15, 0.2) is 0 Å². The largest absolute Gasteiger partial charge is 0.376 e. The molecule has 0 radical (unpaired) electrons. The molecule has 1 atom stereocenters. The van der Waals surface area contributed by atoms with E-state index in [1.54, 1.807) is 42.6 Å². The number of amides is 2. The van der Waals surface area contributed by atoms with E-state index >= 15 is 0 Å². The highest BCUT2D eigenvalue weighted by Gasteiger charge is 2.18. The molecule has 1 aliphatic rings. The van der Waals surface area contributed by atoms with Crippen molar-refractivity contribution in [3.8, 4) is 5.69 Å². The van der Waals surface area contributed by atoms with Crippen LogP contribution in [0, 0.1) is 5.82 Å². The van der Waals surface area contributed by atoms with Crippen molar-refractivity contribution in [2.75, 3.05) is 18.5 Å². The molecule has 1 fully saturated rings. The summed E-state index contributed by atoms with van der Waals surface area (Å²) in [6, 6.07) is 15.3. The minimum atomic E-state index is -0.609. The highest BCUT2D eigenvalue weighted by Crippen LogP contribution is 2.15. The molecule has 2 aromatic carbocycles. The summed E-state index contributed by atoms with van der Waals surface area (Å²) in [7, 11) is 0. The van der Waals surface area contributed by atoms with E-state index in [0.29, 0.717) is 24.5 Å². The van der Waals surface area contributed by atoms with Crippen LogP contribution in [0.2, 0.25) is 0 Å². The smallest absolute Gasteiger partial charge is 0.267 e. The maximum atomic E-state index is 13.8. The first-order valence-electron chi connectivity index (χ1n) is 10.3. The Bertz CT molecular complexity index is 1180. The molecule has 2 N–H and O–H groups in total. The van der Waals surface area contributed by atoms with Crippen LogP contribution in [-0.2, 0) is 4.74 Å². The minimum absolute atomic E-state index is 0.0167. The van der Waals surface area contributed by atoms with Gasteiger partial charge in [0.2, 0.25) is 0 Å². The van der Waals surface area contributed by atoms with Crippen LogP contribution in [-0.4, -0.2) is 35.6 Å². The Morgan fingerprint density at radius 2 is 1.75 bits per heavy atom. The van der Waals surface area contributed by atoms with Gasteiger partial charge in [0.1, 0.15) is 11.4 Å². The topological polar surface area (TPSA) is 89.4 Å². The number of pyridine rings is 1. The molecule has 1 aliphatic heterocycles. The number of nitrogens with one attached hydrogen (secondary N) is 2. The van der Waals surface area contributed by atoms with Crippen molar-refractivity contribution >= 4 is 17.5 Å². The van der Waals surface area contributed by atoms with Gasteiger partial charge in [-0.1, -0.05) is 12.1 Å². The fourth-order valence-corrected chi connectivity index (χ4v) is 3.53. The highest BCUT2D eigenvalue weighted by atomic mass is 19.1. The predicted molar refractivity (Wildman–Crippen MR) is 118 cm³/mol. The quantitative estimate of drug-likeness (QED) is 0.623. The highest BCUT2D eigenvalue weighted by molar-refractivity contribution is 6.04. The van der Waals surface area contributed by atoms with Crippen LogP contribution in [0.3, 0.4) is 0 Å². The van der Waals surface area contributed by atoms with Gasteiger partial charge < -0.3 is 15.4 Å². The lowest BCUT2D eigenvalue weighted by molar-refractivity contribution is 0.0856. The second-order valence-corrected chi connectivity index (χ2v) is 7.42. The molecular weight excluding hydrogens is 413 g/mol. The van der Waals surface area contributed by atoms with E-state index in [1.807, 2.05) is 0 Å². The molecule has 7 nitrogen and oxygen atoms in total. The third-order valence-electron chi connectivity index (χ3n) is 5.23. The molecule has 1 aromatic heterocycles. The van der Waals surface area contributed by atoms with Gasteiger partial charge in [-0.15, -0.1) is 0 Å². The number of ether oxygens (including phenoxy) is 1. The number of aromatic nitrogens is 1. The Morgan fingerprint density at radius 3 is 2.47 bits per heavy atom. The van der Waals surface area contributed by atoms with Gasteiger partial charge in [0.25, 0.3) is 17.4 Å². The number of halogens is 1. The Balaban J connectivity index is 1.47. The number of anilines is 1. The zero-order valence-electron chi connectivity index (χ0n) is 17.2. The molecule has 2 heterocycles. The molecule has 0 aliphatic carbocycles. The second kappa shape index (κ2) is 9.57. The third-order valence-corrected chi connectivity index (χ3v) is 5.23. The summed E-state index contributed by atoms with van der Waals surface area (Å²) < 4.78 is 20.6. The molecule has 0 spiro atoms. The molecule has 1 saturated heterocycles. The van der Waals surface area contributed by atoms with Crippen LogP contribution in [0.25, 0.3) is 5.69 Å². The van der Waals surface area contributed by atoms with Gasteiger partial charge in [-0.25, -0.2) is 4.39 Å². The van der Waals surface area contributed by atoms with E-state index in [-0.39, 0.29) is 17.2 Å². The summed E-state index contributed by atoms with van der Waals surface area (Å²) in [5.74, 6) is -1.63. The maximum absolute atomic E-state index is 13.8. The van der Waals surface area contributed by atoms with E-state index in [2.05, 4.69) is 10.6 Å². The van der Waals surface area contributed by atoms with Gasteiger partial charge in [0.05, 0.1) is 11.7 Å². The van der Waals surface area contributed by atoms with Crippen LogP contribution in [0.5, 0.6) is 0 Å². The normalized spacial score (nSPS) is 15.3. The van der Waals surface area contributed by atoms with Gasteiger partial charge >= 0.3 is 0 Å². The summed E-state index contributed by atoms with van der Waals surface area (Å²) in [5.41, 5.74) is 0.477. The summed E-state index contributed by atoms with van der Waals surface area (Å²) in [6.45, 7) is 1.05. The number of nitrogens with zero attached hydrogens (tertiary/aromatic N) is 1. The van der Waals surface area contributed by atoms with Crippen molar-refractivity contribution in [3.63, 3.8) is 0 Å². The molecule has 0 saturated carbocycles. The lowest BCUT2D eigenvalue weighted by Gasteiger charge is -2.12. The summed E-state index contributed by atoms with van der Waals surface area (Å²) >= 11 is 0. The van der Waals surface area contributed by atoms with Crippen molar-refractivity contribution in [1.29, 1.82) is 0 Å². The summed E-state index contributed by atoms with van der Waals surface area (Å²) in [4.78, 5) is 37.6. The molecule has 2 amide bonds. The van der Waals surface area contributed by atoms with Crippen LogP contribution < -0.4 is 16.2 Å². The Labute approximate surface area is 183 Å². The Morgan fingerprint density at radius 1 is 1.00 bits per heavy atom. The van der Waals surface area contributed by atoms with E-state index in [0.717, 1.165) is 12.8 Å². The Kier molecular flexibility index (Phi) is 6.42. The van der Waals surface area contributed by atoms with Gasteiger partial charge in [-0.05, 0) is 61.4 Å². The number of carbonyl (C=O) groups is 2. The maximum Gasteiger partial charge on any atom is 0.267 e. The van der Waals surface area contributed by atoms with E-state index < -0.39 is 23.2 Å². The first-order chi connectivity index (χ1) is 15.5. The first kappa shape index (κ1) is 21.5. The predicted octanol–water partition coefficient (Wildman–Crippen LogP) is 3.14. The monoisotopic (exact) mass is 435 g/mol. The third kappa shape index (κ3) is 4.76. The molecule has 0 bridgehead atoms. The summed E-state index contributed by atoms with van der Waals surface area (Å²) in [6.07, 6.45) is 3.40. The SMILES string of the molecule is O=C(Nc1ccc(-n2cccc(C(=O)NCC3CCCO3)c2=O)cc1)c1ccccc1F. The molecule has 3 aromatic rings. The fraction of sp³-hybridized carbons (Fsp3) is 0.208.